The molecule has 3 aromatic rings. The predicted molar refractivity (Wildman–Crippen MR) is 132 cm³/mol. The van der Waals surface area contributed by atoms with Gasteiger partial charge in [0.2, 0.25) is 0 Å². The van der Waals surface area contributed by atoms with Crippen molar-refractivity contribution in [3.05, 3.63) is 90.0 Å². The van der Waals surface area contributed by atoms with Gasteiger partial charge in [-0.2, -0.15) is 0 Å². The summed E-state index contributed by atoms with van der Waals surface area (Å²) in [6.07, 6.45) is -0.205. The molecular weight excluding hydrogens is 412 g/mol. The lowest BCUT2D eigenvalue weighted by Gasteiger charge is -2.41. The van der Waals surface area contributed by atoms with Crippen molar-refractivity contribution in [3.8, 4) is 5.75 Å². The van der Waals surface area contributed by atoms with Crippen molar-refractivity contribution in [1.82, 2.24) is 10.2 Å². The Hall–Kier alpha value is -3.51. The molecule has 6 nitrogen and oxygen atoms in total. The highest BCUT2D eigenvalue weighted by atomic mass is 16.5. The monoisotopic (exact) mass is 442 g/mol. The Bertz CT molecular complexity index is 1080. The van der Waals surface area contributed by atoms with Crippen LogP contribution in [0.2, 0.25) is 0 Å². The van der Waals surface area contributed by atoms with E-state index < -0.39 is 0 Å². The fraction of sp³-hybridized carbons (Fsp3) is 0.296. The summed E-state index contributed by atoms with van der Waals surface area (Å²) in [7, 11) is 1.66. The molecule has 3 aromatic carbocycles. The minimum absolute atomic E-state index is 0.0286. The van der Waals surface area contributed by atoms with Crippen LogP contribution in [0.3, 0.4) is 0 Å². The summed E-state index contributed by atoms with van der Waals surface area (Å²) in [4.78, 5) is 20.1. The predicted octanol–water partition coefficient (Wildman–Crippen LogP) is 3.77. The molecule has 1 amide bonds. The van der Waals surface area contributed by atoms with Gasteiger partial charge in [0.1, 0.15) is 11.9 Å². The Morgan fingerprint density at radius 2 is 1.55 bits per heavy atom. The molecule has 0 saturated carbocycles. The number of amides is 1. The molecule has 1 unspecified atom stereocenters. The number of carbonyl (C=O) groups is 1. The number of benzene rings is 3. The van der Waals surface area contributed by atoms with E-state index in [9.17, 15) is 4.79 Å². The first-order chi connectivity index (χ1) is 16.2. The number of piperazine rings is 1. The largest absolute Gasteiger partial charge is 0.497 e. The Labute approximate surface area is 195 Å². The van der Waals surface area contributed by atoms with Crippen LogP contribution < -0.4 is 19.9 Å². The van der Waals surface area contributed by atoms with Gasteiger partial charge in [-0.05, 0) is 42.0 Å². The van der Waals surface area contributed by atoms with Crippen molar-refractivity contribution in [1.29, 1.82) is 0 Å². The van der Waals surface area contributed by atoms with Gasteiger partial charge in [0, 0.05) is 45.0 Å². The average molecular weight is 443 g/mol. The fourth-order valence-corrected chi connectivity index (χ4v) is 4.75. The molecule has 0 radical (unpaired) electrons. The molecule has 2 aliphatic rings. The molecule has 5 rings (SSSR count). The van der Waals surface area contributed by atoms with Gasteiger partial charge in [-0.25, -0.2) is 0 Å². The molecule has 1 atom stereocenters. The van der Waals surface area contributed by atoms with E-state index in [-0.39, 0.29) is 12.1 Å². The molecule has 0 aliphatic carbocycles. The van der Waals surface area contributed by atoms with Crippen molar-refractivity contribution >= 4 is 17.3 Å². The zero-order chi connectivity index (χ0) is 22.6. The van der Waals surface area contributed by atoms with Crippen LogP contribution in [0.1, 0.15) is 22.1 Å². The zero-order valence-electron chi connectivity index (χ0n) is 19.0. The van der Waals surface area contributed by atoms with Crippen LogP contribution in [-0.2, 0) is 0 Å². The summed E-state index contributed by atoms with van der Waals surface area (Å²) in [6.45, 7) is 5.89. The molecule has 33 heavy (non-hydrogen) atoms. The summed E-state index contributed by atoms with van der Waals surface area (Å²) in [5, 5.41) is 3.21. The number of anilines is 2. The Morgan fingerprint density at radius 3 is 2.27 bits per heavy atom. The lowest BCUT2D eigenvalue weighted by molar-refractivity contribution is 0.0925. The van der Waals surface area contributed by atoms with Gasteiger partial charge in [-0.3, -0.25) is 9.69 Å². The molecule has 0 aromatic heterocycles. The van der Waals surface area contributed by atoms with Gasteiger partial charge in [0.15, 0.2) is 0 Å². The summed E-state index contributed by atoms with van der Waals surface area (Å²) in [5.74, 6) is 0.781. The number of nitrogens with one attached hydrogen (secondary N) is 1. The first kappa shape index (κ1) is 21.3. The van der Waals surface area contributed by atoms with Gasteiger partial charge in [0.25, 0.3) is 5.91 Å². The Balaban J connectivity index is 1.31. The van der Waals surface area contributed by atoms with E-state index in [4.69, 9.17) is 4.74 Å². The average Bonchev–Trinajstić information content (AvgIpc) is 2.89. The third-order valence-corrected chi connectivity index (χ3v) is 6.62. The Kier molecular flexibility index (Phi) is 6.17. The molecule has 170 valence electrons. The van der Waals surface area contributed by atoms with Crippen molar-refractivity contribution < 1.29 is 9.53 Å². The van der Waals surface area contributed by atoms with Crippen LogP contribution in [-0.4, -0.2) is 57.2 Å². The number of para-hydroxylation sites is 2. The van der Waals surface area contributed by atoms with E-state index in [0.29, 0.717) is 0 Å². The third kappa shape index (κ3) is 4.52. The number of fused-ring (bicyclic) bond motifs is 1. The third-order valence-electron chi connectivity index (χ3n) is 6.62. The lowest BCUT2D eigenvalue weighted by Crippen LogP contribution is -2.52. The normalized spacial score (nSPS) is 18.6. The van der Waals surface area contributed by atoms with E-state index in [0.717, 1.165) is 61.8 Å². The summed E-state index contributed by atoms with van der Waals surface area (Å²) < 4.78 is 5.32. The number of rotatable bonds is 6. The quantitative estimate of drug-likeness (QED) is 0.630. The highest BCUT2D eigenvalue weighted by Crippen LogP contribution is 2.33. The summed E-state index contributed by atoms with van der Waals surface area (Å²) >= 11 is 0. The molecule has 1 saturated heterocycles. The fourth-order valence-electron chi connectivity index (χ4n) is 4.75. The smallest absolute Gasteiger partial charge is 0.255 e. The molecule has 1 fully saturated rings. The maximum absolute atomic E-state index is 12.8. The van der Waals surface area contributed by atoms with Crippen LogP contribution >= 0.6 is 0 Å². The number of ether oxygens (including phenoxy) is 1. The van der Waals surface area contributed by atoms with Gasteiger partial charge in [-0.15, -0.1) is 0 Å². The molecule has 2 aliphatic heterocycles. The van der Waals surface area contributed by atoms with Crippen molar-refractivity contribution in [2.24, 2.45) is 0 Å². The van der Waals surface area contributed by atoms with Gasteiger partial charge in [0.05, 0.1) is 18.4 Å². The maximum Gasteiger partial charge on any atom is 0.255 e. The second-order valence-electron chi connectivity index (χ2n) is 8.52. The number of hydrogen-bond acceptors (Lipinski definition) is 5. The number of methoxy groups -OCH3 is 1. The first-order valence-corrected chi connectivity index (χ1v) is 11.6. The topological polar surface area (TPSA) is 48.1 Å². The van der Waals surface area contributed by atoms with Gasteiger partial charge in [-0.1, -0.05) is 42.5 Å². The van der Waals surface area contributed by atoms with E-state index in [1.54, 1.807) is 7.11 Å². The highest BCUT2D eigenvalue weighted by Gasteiger charge is 2.32. The standard InChI is InChI=1S/C27H30N4O2/c1-33-23-13-11-21(12-14-23)26-28-27(32)24-9-5-6-10-25(24)31(26)20-17-29-15-18-30(19-16-29)22-7-3-2-4-8-22/h2-14,26H,15-20H2,1H3,(H,28,32). The van der Waals surface area contributed by atoms with Crippen LogP contribution in [0.5, 0.6) is 5.75 Å². The zero-order valence-corrected chi connectivity index (χ0v) is 19.0. The number of hydrogen-bond donors (Lipinski definition) is 1. The summed E-state index contributed by atoms with van der Waals surface area (Å²) in [6, 6.07) is 26.5. The van der Waals surface area contributed by atoms with Crippen molar-refractivity contribution in [2.75, 3.05) is 56.2 Å². The maximum atomic E-state index is 12.8. The van der Waals surface area contributed by atoms with E-state index in [2.05, 4.69) is 56.4 Å². The minimum Gasteiger partial charge on any atom is -0.497 e. The molecule has 0 bridgehead atoms. The van der Waals surface area contributed by atoms with Crippen LogP contribution in [0.4, 0.5) is 11.4 Å². The van der Waals surface area contributed by atoms with Crippen LogP contribution in [0.15, 0.2) is 78.9 Å². The molecule has 1 N–H and O–H groups in total. The van der Waals surface area contributed by atoms with Crippen LogP contribution in [0, 0.1) is 0 Å². The van der Waals surface area contributed by atoms with Crippen LogP contribution in [0.25, 0.3) is 0 Å². The van der Waals surface area contributed by atoms with Crippen molar-refractivity contribution in [2.45, 2.75) is 6.17 Å². The molecule has 0 spiro atoms. The van der Waals surface area contributed by atoms with Crippen molar-refractivity contribution in [3.63, 3.8) is 0 Å². The highest BCUT2D eigenvalue weighted by molar-refractivity contribution is 6.02. The minimum atomic E-state index is -0.205. The van der Waals surface area contributed by atoms with Gasteiger partial charge < -0.3 is 19.9 Å². The molecule has 6 heteroatoms. The second-order valence-corrected chi connectivity index (χ2v) is 8.52. The second kappa shape index (κ2) is 9.55. The van der Waals surface area contributed by atoms with Gasteiger partial charge >= 0.3 is 0 Å². The Morgan fingerprint density at radius 1 is 0.848 bits per heavy atom. The first-order valence-electron chi connectivity index (χ1n) is 11.6. The number of nitrogens with zero attached hydrogens (tertiary/aromatic N) is 3. The molecular formula is C27H30N4O2. The summed E-state index contributed by atoms with van der Waals surface area (Å²) in [5.41, 5.74) is 4.07. The van der Waals surface area contributed by atoms with E-state index in [1.807, 2.05) is 42.5 Å². The SMILES string of the molecule is COc1ccc(C2NC(=O)c3ccccc3N2CCN2CCN(c3ccccc3)CC2)cc1. The van der Waals surface area contributed by atoms with E-state index in [1.165, 1.54) is 5.69 Å². The molecule has 2 heterocycles. The lowest BCUT2D eigenvalue weighted by atomic mass is 10.0. The van der Waals surface area contributed by atoms with E-state index >= 15 is 0 Å². The number of carbonyl (C=O) groups excluding carboxylic acids is 1.